The molecule has 3 nitrogen and oxygen atoms in total. The molecule has 0 aliphatic heterocycles. The van der Waals surface area contributed by atoms with Gasteiger partial charge in [0.1, 0.15) is 0 Å². The first-order chi connectivity index (χ1) is 11.5. The first-order valence-electron chi connectivity index (χ1n) is 8.98. The number of aliphatic hydroxyl groups excluding tert-OH is 3. The number of hydrogen-bond donors (Lipinski definition) is 3. The Balaban J connectivity index is -0.0000000662. The fraction of sp³-hybridized carbons (Fsp3) is 0.789. The van der Waals surface area contributed by atoms with Gasteiger partial charge in [-0.05, 0) is 19.3 Å². The minimum atomic E-state index is -1.83. The molecule has 0 aromatic rings. The molecule has 0 heterocycles. The van der Waals surface area contributed by atoms with Gasteiger partial charge in [-0.2, -0.15) is 6.08 Å². The fourth-order valence-electron chi connectivity index (χ4n) is 0.815. The van der Waals surface area contributed by atoms with E-state index in [4.69, 9.17) is 15.3 Å². The van der Waals surface area contributed by atoms with Crippen LogP contribution in [0, 0.1) is 6.08 Å². The van der Waals surface area contributed by atoms with Gasteiger partial charge in [0.15, 0.2) is 0 Å². The van der Waals surface area contributed by atoms with Crippen molar-refractivity contribution >= 4 is 14.8 Å². The Kier molecular flexibility index (Phi) is 64.9. The van der Waals surface area contributed by atoms with E-state index in [1.807, 2.05) is 12.2 Å². The molecule has 0 bridgehead atoms. The smallest absolute Gasteiger partial charge is 0 e. The SMILES string of the molecule is CCCCO.CCCCO.CCCCO.[C-]1=CC=CC1.[CH3][Ge]([CH3])[F].[Zr]. The Morgan fingerprint density at radius 3 is 1.24 bits per heavy atom. The maximum atomic E-state index is 11.2. The molecule has 0 atom stereocenters. The molecule has 0 saturated heterocycles. The standard InChI is InChI=1S/C5H5.3C4H10O.C2H6FGe.Zr/c1-2-4-5-3-1;3*1-2-3-4-5;1-4(2)3;/h1-3H,4H2;3*5H,2-4H2,1H3;1-2H3;/q-1;;;;;. The predicted octanol–water partition coefficient (Wildman–Crippen LogP) is 4.85. The van der Waals surface area contributed by atoms with Crippen molar-refractivity contribution in [3.8, 4) is 0 Å². The largest absolute Gasteiger partial charge is 0 e. The van der Waals surface area contributed by atoms with E-state index in [0.717, 1.165) is 44.9 Å². The summed E-state index contributed by atoms with van der Waals surface area (Å²) in [6.45, 7) is 7.19. The van der Waals surface area contributed by atoms with Crippen LogP contribution in [0.5, 0.6) is 0 Å². The fourth-order valence-corrected chi connectivity index (χ4v) is 0.815. The third-order valence-corrected chi connectivity index (χ3v) is 2.12. The van der Waals surface area contributed by atoms with E-state index in [-0.39, 0.29) is 26.2 Å². The van der Waals surface area contributed by atoms with Gasteiger partial charge in [0, 0.05) is 46.0 Å². The molecule has 0 fully saturated rings. The van der Waals surface area contributed by atoms with Crippen molar-refractivity contribution in [2.75, 3.05) is 19.8 Å². The molecule has 0 spiro atoms. The van der Waals surface area contributed by atoms with Crippen LogP contribution in [0.2, 0.25) is 11.5 Å². The van der Waals surface area contributed by atoms with Crippen molar-refractivity contribution in [3.63, 3.8) is 0 Å². The topological polar surface area (TPSA) is 60.7 Å². The van der Waals surface area contributed by atoms with Crippen molar-refractivity contribution < 1.29 is 45.0 Å². The third kappa shape index (κ3) is 92.9. The predicted molar refractivity (Wildman–Crippen MR) is 106 cm³/mol. The van der Waals surface area contributed by atoms with Crippen LogP contribution in [0.3, 0.4) is 0 Å². The van der Waals surface area contributed by atoms with Crippen molar-refractivity contribution in [2.45, 2.75) is 77.2 Å². The second-order valence-corrected chi connectivity index (χ2v) is 8.80. The van der Waals surface area contributed by atoms with E-state index in [1.54, 1.807) is 11.5 Å². The molecule has 0 aromatic carbocycles. The van der Waals surface area contributed by atoms with E-state index in [9.17, 15) is 3.50 Å². The molecule has 1 aliphatic carbocycles. The van der Waals surface area contributed by atoms with Crippen LogP contribution in [0.4, 0.5) is 3.50 Å². The maximum Gasteiger partial charge on any atom is 0 e. The van der Waals surface area contributed by atoms with Gasteiger partial charge in [0.25, 0.3) is 0 Å². The van der Waals surface area contributed by atoms with Gasteiger partial charge in [-0.3, -0.25) is 6.08 Å². The molecule has 3 N–H and O–H groups in total. The summed E-state index contributed by atoms with van der Waals surface area (Å²) in [5.74, 6) is 3.33. The van der Waals surface area contributed by atoms with Crippen LogP contribution in [0.25, 0.3) is 0 Å². The molecule has 0 amide bonds. The Bertz CT molecular complexity index is 196. The molecule has 0 aromatic heterocycles. The normalized spacial score (nSPS) is 10.0. The second-order valence-electron chi connectivity index (χ2n) is 5.11. The van der Waals surface area contributed by atoms with Crippen molar-refractivity contribution in [2.24, 2.45) is 0 Å². The Labute approximate surface area is 180 Å². The molecule has 0 unspecified atom stereocenters. The molecular weight excluding hydrogens is 459 g/mol. The van der Waals surface area contributed by atoms with Crippen LogP contribution >= 0.6 is 0 Å². The Hall–Kier alpha value is 0.716. The molecule has 1 aliphatic rings. The summed E-state index contributed by atoms with van der Waals surface area (Å²) >= 11 is -1.83. The number of hydrogen-bond acceptors (Lipinski definition) is 3. The van der Waals surface area contributed by atoms with Gasteiger partial charge in [-0.25, -0.2) is 12.2 Å². The average molecular weight is 500 g/mol. The molecule has 0 saturated carbocycles. The van der Waals surface area contributed by atoms with Gasteiger partial charge in [0.2, 0.25) is 0 Å². The van der Waals surface area contributed by atoms with Crippen LogP contribution < -0.4 is 0 Å². The van der Waals surface area contributed by atoms with E-state index in [0.29, 0.717) is 19.8 Å². The minimum Gasteiger partial charge on any atom is 0 e. The third-order valence-electron chi connectivity index (χ3n) is 2.12. The van der Waals surface area contributed by atoms with E-state index < -0.39 is 14.8 Å². The summed E-state index contributed by atoms with van der Waals surface area (Å²) in [5, 5.41) is 24.2. The quantitative estimate of drug-likeness (QED) is 0.361. The summed E-state index contributed by atoms with van der Waals surface area (Å²) in [5.41, 5.74) is 0. The van der Waals surface area contributed by atoms with Gasteiger partial charge >= 0.3 is 29.8 Å². The van der Waals surface area contributed by atoms with Gasteiger partial charge in [0.05, 0.1) is 0 Å². The van der Waals surface area contributed by atoms with Crippen LogP contribution in [0.1, 0.15) is 65.7 Å². The summed E-state index contributed by atoms with van der Waals surface area (Å²) in [7, 11) is 0. The second kappa shape index (κ2) is 44.3. The first-order valence-corrected chi connectivity index (χ1v) is 14.0. The molecule has 1 rings (SSSR count). The van der Waals surface area contributed by atoms with E-state index in [1.165, 1.54) is 0 Å². The molecule has 151 valence electrons. The Morgan fingerprint density at radius 1 is 0.880 bits per heavy atom. The van der Waals surface area contributed by atoms with Crippen LogP contribution in [-0.2, 0) is 26.2 Å². The van der Waals surface area contributed by atoms with Crippen molar-refractivity contribution in [3.05, 3.63) is 24.3 Å². The minimum absolute atomic E-state index is 0. The summed E-state index contributed by atoms with van der Waals surface area (Å²) in [4.78, 5) is 0. The number of halogens is 1. The van der Waals surface area contributed by atoms with Gasteiger partial charge < -0.3 is 15.3 Å². The summed E-state index contributed by atoms with van der Waals surface area (Å²) in [6.07, 6.45) is 16.1. The van der Waals surface area contributed by atoms with Crippen LogP contribution in [0.15, 0.2) is 18.2 Å². The number of aliphatic hydroxyl groups is 3. The molecular formula is C19H41FGeO3Zr-. The summed E-state index contributed by atoms with van der Waals surface area (Å²) in [6, 6.07) is 0. The summed E-state index contributed by atoms with van der Waals surface area (Å²) < 4.78 is 11.2. The molecule has 25 heavy (non-hydrogen) atoms. The number of unbranched alkanes of at least 4 members (excludes halogenated alkanes) is 3. The zero-order valence-corrected chi connectivity index (χ0v) is 21.6. The number of rotatable bonds is 6. The average Bonchev–Trinajstić information content (AvgIpc) is 3.10. The zero-order valence-electron chi connectivity index (χ0n) is 17.0. The zero-order chi connectivity index (χ0) is 19.5. The monoisotopic (exact) mass is 500 g/mol. The van der Waals surface area contributed by atoms with Crippen molar-refractivity contribution in [1.29, 1.82) is 0 Å². The Morgan fingerprint density at radius 2 is 1.20 bits per heavy atom. The van der Waals surface area contributed by atoms with Gasteiger partial charge in [-0.1, -0.05) is 40.0 Å². The van der Waals surface area contributed by atoms with Crippen LogP contribution in [-0.4, -0.2) is 50.0 Å². The van der Waals surface area contributed by atoms with Crippen molar-refractivity contribution in [1.82, 2.24) is 0 Å². The maximum absolute atomic E-state index is 11.2. The molecule has 6 heteroatoms. The first kappa shape index (κ1) is 36.6. The van der Waals surface area contributed by atoms with Gasteiger partial charge in [-0.15, -0.1) is 6.42 Å². The van der Waals surface area contributed by atoms with E-state index >= 15 is 0 Å². The number of allylic oxidation sites excluding steroid dienone is 4. The molecule has 1 radical (unpaired) electrons. The van der Waals surface area contributed by atoms with E-state index in [2.05, 4.69) is 32.9 Å².